The number of nitrogens with one attached hydrogen (secondary N) is 3. The summed E-state index contributed by atoms with van der Waals surface area (Å²) in [5, 5.41) is 3.11. The average molecular weight is 605 g/mol. The third kappa shape index (κ3) is 5.43. The van der Waals surface area contributed by atoms with Crippen LogP contribution in [0.25, 0.3) is 33.5 Å². The van der Waals surface area contributed by atoms with E-state index in [9.17, 15) is 22.4 Å². The molecule has 1 fully saturated rings. The number of likely N-dealkylation sites (tertiary alicyclic amines) is 1. The highest BCUT2D eigenvalue weighted by molar-refractivity contribution is 7.92. The van der Waals surface area contributed by atoms with Crippen molar-refractivity contribution in [1.29, 1.82) is 0 Å². The number of H-pyrrole nitrogens is 1. The summed E-state index contributed by atoms with van der Waals surface area (Å²) in [6.45, 7) is 2.34. The molecule has 43 heavy (non-hydrogen) atoms. The van der Waals surface area contributed by atoms with Gasteiger partial charge in [0.05, 0.1) is 22.5 Å². The van der Waals surface area contributed by atoms with Crippen molar-refractivity contribution in [3.8, 4) is 11.3 Å². The van der Waals surface area contributed by atoms with Crippen LogP contribution in [0.3, 0.4) is 0 Å². The molecule has 3 N–H and O–H groups in total. The standard InChI is InChI=1S/C30H29FN6O5S/c1-3-43(40,41)36-23-15-24-21(25(29(38)32-2)26(42-24)17-8-10-19(31)11-9-17)14-20(23)18-6-5-13-37(16-18)30(39)28-34-22-7-4-12-33-27(22)35-28/h4,7-12,14-15,18,36H,3,5-6,13,16H2,1-2H3,(H,32,38)(H,33,34,35)/t18-/m1/s1. The van der Waals surface area contributed by atoms with E-state index in [1.807, 2.05) is 0 Å². The van der Waals surface area contributed by atoms with Crippen LogP contribution in [0.2, 0.25) is 0 Å². The number of hydrogen-bond donors (Lipinski definition) is 3. The Kier molecular flexibility index (Phi) is 7.34. The number of aromatic amines is 1. The number of piperidine rings is 1. The molecule has 1 aliphatic heterocycles. The first-order chi connectivity index (χ1) is 20.7. The van der Waals surface area contributed by atoms with E-state index in [1.165, 1.54) is 38.2 Å². The second-order valence-corrected chi connectivity index (χ2v) is 12.4. The lowest BCUT2D eigenvalue weighted by atomic mass is 9.88. The molecule has 5 aromatic rings. The number of rotatable bonds is 7. The van der Waals surface area contributed by atoms with Crippen molar-refractivity contribution >= 4 is 49.7 Å². The lowest BCUT2D eigenvalue weighted by molar-refractivity contribution is 0.0696. The molecule has 222 valence electrons. The largest absolute Gasteiger partial charge is 0.455 e. The number of hydrogen-bond acceptors (Lipinski definition) is 7. The molecule has 11 nitrogen and oxygen atoms in total. The number of carbonyl (C=O) groups is 2. The van der Waals surface area contributed by atoms with E-state index >= 15 is 0 Å². The zero-order valence-corrected chi connectivity index (χ0v) is 24.3. The normalized spacial score (nSPS) is 15.6. The van der Waals surface area contributed by atoms with Crippen molar-refractivity contribution in [2.75, 3.05) is 30.6 Å². The molecule has 4 heterocycles. The van der Waals surface area contributed by atoms with Gasteiger partial charge in [-0.1, -0.05) is 0 Å². The molecular formula is C30H29FN6O5S. The fraction of sp³-hybridized carbons (Fsp3) is 0.267. The number of benzene rings is 2. The molecule has 6 rings (SSSR count). The van der Waals surface area contributed by atoms with E-state index in [4.69, 9.17) is 4.42 Å². The Hall–Kier alpha value is -4.78. The molecule has 0 saturated carbocycles. The van der Waals surface area contributed by atoms with Crippen molar-refractivity contribution < 1.29 is 26.8 Å². The van der Waals surface area contributed by atoms with Crippen LogP contribution in [0, 0.1) is 5.82 Å². The van der Waals surface area contributed by atoms with Crippen LogP contribution >= 0.6 is 0 Å². The highest BCUT2D eigenvalue weighted by Crippen LogP contribution is 2.41. The predicted molar refractivity (Wildman–Crippen MR) is 160 cm³/mol. The molecule has 3 aromatic heterocycles. The van der Waals surface area contributed by atoms with Gasteiger partial charge >= 0.3 is 0 Å². The van der Waals surface area contributed by atoms with Gasteiger partial charge in [-0.15, -0.1) is 0 Å². The highest BCUT2D eigenvalue weighted by Gasteiger charge is 2.31. The fourth-order valence-corrected chi connectivity index (χ4v) is 6.15. The second kappa shape index (κ2) is 11.1. The molecule has 0 aliphatic carbocycles. The molecule has 1 aliphatic rings. The van der Waals surface area contributed by atoms with Gasteiger partial charge in [-0.2, -0.15) is 0 Å². The fourth-order valence-electron chi connectivity index (χ4n) is 5.49. The number of carbonyl (C=O) groups excluding carboxylic acids is 2. The number of nitrogens with zero attached hydrogens (tertiary/aromatic N) is 3. The number of halogens is 1. The van der Waals surface area contributed by atoms with Crippen LogP contribution < -0.4 is 10.0 Å². The summed E-state index contributed by atoms with van der Waals surface area (Å²) in [6.07, 6.45) is 2.95. The van der Waals surface area contributed by atoms with E-state index in [1.54, 1.807) is 35.4 Å². The number of anilines is 1. The Bertz CT molecular complexity index is 1940. The number of sulfonamides is 1. The van der Waals surface area contributed by atoms with E-state index in [0.29, 0.717) is 59.3 Å². The van der Waals surface area contributed by atoms with E-state index < -0.39 is 21.7 Å². The quantitative estimate of drug-likeness (QED) is 0.245. The van der Waals surface area contributed by atoms with Crippen molar-refractivity contribution in [1.82, 2.24) is 25.2 Å². The van der Waals surface area contributed by atoms with Gasteiger partial charge in [-0.3, -0.25) is 14.3 Å². The number of furan rings is 1. The third-order valence-corrected chi connectivity index (χ3v) is 8.97. The molecular weight excluding hydrogens is 575 g/mol. The van der Waals surface area contributed by atoms with Crippen molar-refractivity contribution in [2.24, 2.45) is 0 Å². The Morgan fingerprint density at radius 1 is 1.19 bits per heavy atom. The maximum Gasteiger partial charge on any atom is 0.289 e. The Balaban J connectivity index is 1.44. The van der Waals surface area contributed by atoms with Crippen LogP contribution in [-0.4, -0.2) is 66.0 Å². The van der Waals surface area contributed by atoms with E-state index in [0.717, 1.165) is 0 Å². The van der Waals surface area contributed by atoms with Gasteiger partial charge in [0.2, 0.25) is 10.0 Å². The van der Waals surface area contributed by atoms with Crippen LogP contribution in [0.4, 0.5) is 10.1 Å². The molecule has 13 heteroatoms. The Morgan fingerprint density at radius 3 is 2.70 bits per heavy atom. The van der Waals surface area contributed by atoms with E-state index in [2.05, 4.69) is 25.0 Å². The summed E-state index contributed by atoms with van der Waals surface area (Å²) in [4.78, 5) is 39.9. The molecule has 2 amide bonds. The summed E-state index contributed by atoms with van der Waals surface area (Å²) in [7, 11) is -2.19. The number of pyridine rings is 1. The molecule has 0 spiro atoms. The lowest BCUT2D eigenvalue weighted by Crippen LogP contribution is -2.39. The monoisotopic (exact) mass is 604 g/mol. The SMILES string of the molecule is CCS(=O)(=O)Nc1cc2oc(-c3ccc(F)cc3)c(C(=O)NC)c2cc1[C@@H]1CCCN(C(=O)c2nc3ncccc3[nH]2)C1. The summed E-state index contributed by atoms with van der Waals surface area (Å²) in [6, 6.07) is 12.4. The van der Waals surface area contributed by atoms with Crippen LogP contribution in [0.5, 0.6) is 0 Å². The predicted octanol–water partition coefficient (Wildman–Crippen LogP) is 4.65. The summed E-state index contributed by atoms with van der Waals surface area (Å²) >= 11 is 0. The van der Waals surface area contributed by atoms with Gasteiger partial charge in [0, 0.05) is 49.3 Å². The molecule has 1 saturated heterocycles. The minimum atomic E-state index is -3.69. The first kappa shape index (κ1) is 28.3. The number of imidazole rings is 1. The lowest BCUT2D eigenvalue weighted by Gasteiger charge is -2.33. The minimum Gasteiger partial charge on any atom is -0.455 e. The van der Waals surface area contributed by atoms with Crippen LogP contribution in [0.15, 0.2) is 59.1 Å². The van der Waals surface area contributed by atoms with Gasteiger partial charge in [0.1, 0.15) is 17.2 Å². The van der Waals surface area contributed by atoms with Crippen molar-refractivity contribution in [3.63, 3.8) is 0 Å². The minimum absolute atomic E-state index is 0.150. The number of fused-ring (bicyclic) bond motifs is 2. The number of amides is 2. The molecule has 2 aromatic carbocycles. The topological polar surface area (TPSA) is 150 Å². The maximum absolute atomic E-state index is 13.7. The van der Waals surface area contributed by atoms with Crippen LogP contribution in [0.1, 0.15) is 52.2 Å². The first-order valence-corrected chi connectivity index (χ1v) is 15.5. The molecule has 1 atom stereocenters. The maximum atomic E-state index is 13.7. The van der Waals surface area contributed by atoms with Gasteiger partial charge in [-0.25, -0.2) is 22.8 Å². The molecule has 0 unspecified atom stereocenters. The van der Waals surface area contributed by atoms with E-state index in [-0.39, 0.29) is 40.3 Å². The summed E-state index contributed by atoms with van der Waals surface area (Å²) < 4.78 is 47.9. The highest BCUT2D eigenvalue weighted by atomic mass is 32.2. The zero-order chi connectivity index (χ0) is 30.3. The zero-order valence-electron chi connectivity index (χ0n) is 23.5. The molecule has 0 radical (unpaired) electrons. The summed E-state index contributed by atoms with van der Waals surface area (Å²) in [5.41, 5.74) is 3.06. The number of aromatic nitrogens is 3. The smallest absolute Gasteiger partial charge is 0.289 e. The average Bonchev–Trinajstić information content (AvgIpc) is 3.62. The van der Waals surface area contributed by atoms with Gasteiger partial charge in [0.15, 0.2) is 11.5 Å². The second-order valence-electron chi connectivity index (χ2n) is 10.4. The first-order valence-electron chi connectivity index (χ1n) is 13.9. The van der Waals surface area contributed by atoms with Gasteiger partial charge in [-0.05, 0) is 67.8 Å². The third-order valence-electron chi connectivity index (χ3n) is 7.67. The van der Waals surface area contributed by atoms with Gasteiger partial charge in [0.25, 0.3) is 11.8 Å². The summed E-state index contributed by atoms with van der Waals surface area (Å²) in [5.74, 6) is -1.14. The Morgan fingerprint density at radius 2 is 1.98 bits per heavy atom. The van der Waals surface area contributed by atoms with Crippen molar-refractivity contribution in [3.05, 3.63) is 77.5 Å². The van der Waals surface area contributed by atoms with Crippen LogP contribution in [-0.2, 0) is 10.0 Å². The Labute approximate surface area is 246 Å². The van der Waals surface area contributed by atoms with Gasteiger partial charge < -0.3 is 19.6 Å². The molecule has 0 bridgehead atoms. The van der Waals surface area contributed by atoms with Crippen molar-refractivity contribution in [2.45, 2.75) is 25.7 Å².